The van der Waals surface area contributed by atoms with Crippen molar-refractivity contribution in [2.75, 3.05) is 11.9 Å². The van der Waals surface area contributed by atoms with Crippen molar-refractivity contribution in [2.45, 2.75) is 37.8 Å². The molecule has 1 aliphatic rings. The molecule has 96 valence electrons. The Labute approximate surface area is 108 Å². The molecule has 1 aromatic carbocycles. The summed E-state index contributed by atoms with van der Waals surface area (Å²) in [6.45, 7) is 0. The fraction of sp³-hybridized carbons (Fsp3) is 0.467. The maximum absolute atomic E-state index is 6.28. The number of likely N-dealkylation sites (N-methyl/N-ethyl adjacent to an activating group) is 1. The molecule has 0 radical (unpaired) electrons. The summed E-state index contributed by atoms with van der Waals surface area (Å²) in [6.07, 6.45) is 7.03. The molecule has 0 amide bonds. The lowest BCUT2D eigenvalue weighted by molar-refractivity contribution is 0.374. The molecule has 0 saturated heterocycles. The molecule has 2 aromatic rings. The van der Waals surface area contributed by atoms with E-state index in [9.17, 15) is 0 Å². The van der Waals surface area contributed by atoms with Gasteiger partial charge in [-0.1, -0.05) is 31.0 Å². The maximum atomic E-state index is 6.28. The number of fused-ring (bicyclic) bond motifs is 1. The Morgan fingerprint density at radius 3 is 2.83 bits per heavy atom. The number of nitrogens with two attached hydrogens (primary N) is 1. The molecule has 3 heteroatoms. The lowest BCUT2D eigenvalue weighted by Crippen LogP contribution is -2.48. The summed E-state index contributed by atoms with van der Waals surface area (Å²) in [6, 6.07) is 9.22. The fourth-order valence-corrected chi connectivity index (χ4v) is 3.15. The molecule has 3 nitrogen and oxygen atoms in total. The zero-order valence-electron chi connectivity index (χ0n) is 10.9. The number of aromatic nitrogens is 1. The van der Waals surface area contributed by atoms with Gasteiger partial charge < -0.3 is 15.6 Å². The van der Waals surface area contributed by atoms with Crippen molar-refractivity contribution in [3.63, 3.8) is 0 Å². The molecule has 0 aliphatic heterocycles. The number of anilines is 1. The van der Waals surface area contributed by atoms with Gasteiger partial charge in [-0.3, -0.25) is 0 Å². The standard InChI is InChI=1S/C15H21N3/c1-18(14-9-5-3-7-12(14)16)15-10-17-13-8-4-2-6-11(13)15/h2,4,6,8,10,12,14,17H,3,5,7,9,16H2,1H3. The Hall–Kier alpha value is -1.48. The third kappa shape index (κ3) is 1.89. The Kier molecular flexibility index (Phi) is 3.00. The van der Waals surface area contributed by atoms with Crippen LogP contribution in [0.1, 0.15) is 25.7 Å². The molecule has 0 spiro atoms. The zero-order valence-corrected chi connectivity index (χ0v) is 10.9. The summed E-state index contributed by atoms with van der Waals surface area (Å²) in [5.41, 5.74) is 8.75. The molecule has 1 aliphatic carbocycles. The van der Waals surface area contributed by atoms with E-state index in [0.29, 0.717) is 12.1 Å². The van der Waals surface area contributed by atoms with Gasteiger partial charge in [-0.05, 0) is 18.9 Å². The van der Waals surface area contributed by atoms with E-state index in [1.165, 1.54) is 35.9 Å². The summed E-state index contributed by atoms with van der Waals surface area (Å²) in [4.78, 5) is 5.70. The second-order valence-corrected chi connectivity index (χ2v) is 5.35. The van der Waals surface area contributed by atoms with Crippen LogP contribution in [-0.4, -0.2) is 24.1 Å². The molecule has 1 saturated carbocycles. The van der Waals surface area contributed by atoms with Crippen molar-refractivity contribution in [3.8, 4) is 0 Å². The predicted octanol–water partition coefficient (Wildman–Crippen LogP) is 2.87. The highest BCUT2D eigenvalue weighted by atomic mass is 15.2. The number of para-hydroxylation sites is 1. The summed E-state index contributed by atoms with van der Waals surface area (Å²) >= 11 is 0. The van der Waals surface area contributed by atoms with Crippen LogP contribution in [0.4, 0.5) is 5.69 Å². The van der Waals surface area contributed by atoms with E-state index in [0.717, 1.165) is 6.42 Å². The molecule has 3 rings (SSSR count). The van der Waals surface area contributed by atoms with E-state index in [-0.39, 0.29) is 0 Å². The Morgan fingerprint density at radius 2 is 2.00 bits per heavy atom. The number of H-pyrrole nitrogens is 1. The van der Waals surface area contributed by atoms with E-state index in [1.54, 1.807) is 0 Å². The minimum atomic E-state index is 0.303. The number of rotatable bonds is 2. The van der Waals surface area contributed by atoms with Gasteiger partial charge in [0.2, 0.25) is 0 Å². The van der Waals surface area contributed by atoms with Crippen LogP contribution < -0.4 is 10.6 Å². The first-order valence-corrected chi connectivity index (χ1v) is 6.82. The van der Waals surface area contributed by atoms with Crippen molar-refractivity contribution in [1.29, 1.82) is 0 Å². The van der Waals surface area contributed by atoms with Crippen LogP contribution in [-0.2, 0) is 0 Å². The fourth-order valence-electron chi connectivity index (χ4n) is 3.15. The van der Waals surface area contributed by atoms with Gasteiger partial charge in [0.05, 0.1) is 5.69 Å². The first-order valence-electron chi connectivity index (χ1n) is 6.82. The summed E-state index contributed by atoms with van der Waals surface area (Å²) in [5.74, 6) is 0. The largest absolute Gasteiger partial charge is 0.368 e. The normalized spacial score (nSPS) is 24.3. The molecule has 1 heterocycles. The van der Waals surface area contributed by atoms with Gasteiger partial charge in [0.15, 0.2) is 0 Å². The molecule has 18 heavy (non-hydrogen) atoms. The van der Waals surface area contributed by atoms with E-state index < -0.39 is 0 Å². The van der Waals surface area contributed by atoms with Gasteiger partial charge in [-0.25, -0.2) is 0 Å². The van der Waals surface area contributed by atoms with Crippen LogP contribution in [0.3, 0.4) is 0 Å². The van der Waals surface area contributed by atoms with Gasteiger partial charge in [-0.2, -0.15) is 0 Å². The minimum absolute atomic E-state index is 0.303. The first-order chi connectivity index (χ1) is 8.77. The van der Waals surface area contributed by atoms with Crippen LogP contribution in [0, 0.1) is 0 Å². The van der Waals surface area contributed by atoms with Crippen molar-refractivity contribution in [2.24, 2.45) is 5.73 Å². The molecule has 1 fully saturated rings. The molecular formula is C15H21N3. The summed E-state index contributed by atoms with van der Waals surface area (Å²) in [7, 11) is 2.17. The van der Waals surface area contributed by atoms with Crippen LogP contribution in [0.15, 0.2) is 30.5 Å². The van der Waals surface area contributed by atoms with E-state index in [2.05, 4.69) is 47.4 Å². The number of benzene rings is 1. The first kappa shape index (κ1) is 11.6. The summed E-state index contributed by atoms with van der Waals surface area (Å²) < 4.78 is 0. The maximum Gasteiger partial charge on any atom is 0.0624 e. The van der Waals surface area contributed by atoms with Crippen molar-refractivity contribution < 1.29 is 0 Å². The third-order valence-corrected chi connectivity index (χ3v) is 4.23. The molecule has 1 aromatic heterocycles. The predicted molar refractivity (Wildman–Crippen MR) is 76.9 cm³/mol. The average Bonchev–Trinajstić information content (AvgIpc) is 2.82. The number of nitrogens with one attached hydrogen (secondary N) is 1. The van der Waals surface area contributed by atoms with E-state index in [4.69, 9.17) is 5.73 Å². The number of aromatic amines is 1. The van der Waals surface area contributed by atoms with Crippen LogP contribution in [0.5, 0.6) is 0 Å². The highest BCUT2D eigenvalue weighted by Gasteiger charge is 2.26. The second-order valence-electron chi connectivity index (χ2n) is 5.35. The Morgan fingerprint density at radius 1 is 1.22 bits per heavy atom. The van der Waals surface area contributed by atoms with Crippen molar-refractivity contribution in [3.05, 3.63) is 30.5 Å². The van der Waals surface area contributed by atoms with Gasteiger partial charge in [0.25, 0.3) is 0 Å². The Balaban J connectivity index is 1.93. The topological polar surface area (TPSA) is 45.0 Å². The molecular weight excluding hydrogens is 222 g/mol. The SMILES string of the molecule is CN(c1c[nH]c2ccccc12)C1CCCCC1N. The van der Waals surface area contributed by atoms with E-state index >= 15 is 0 Å². The van der Waals surface area contributed by atoms with Crippen LogP contribution in [0.2, 0.25) is 0 Å². The third-order valence-electron chi connectivity index (χ3n) is 4.23. The molecule has 0 bridgehead atoms. The number of hydrogen-bond donors (Lipinski definition) is 2. The smallest absolute Gasteiger partial charge is 0.0624 e. The second kappa shape index (κ2) is 4.65. The van der Waals surface area contributed by atoms with Gasteiger partial charge in [0, 0.05) is 36.2 Å². The lowest BCUT2D eigenvalue weighted by Gasteiger charge is -2.37. The van der Waals surface area contributed by atoms with Gasteiger partial charge in [0.1, 0.15) is 0 Å². The van der Waals surface area contributed by atoms with Gasteiger partial charge >= 0.3 is 0 Å². The van der Waals surface area contributed by atoms with Crippen LogP contribution in [0.25, 0.3) is 10.9 Å². The molecule has 3 N–H and O–H groups in total. The van der Waals surface area contributed by atoms with Crippen LogP contribution >= 0.6 is 0 Å². The highest BCUT2D eigenvalue weighted by Crippen LogP contribution is 2.30. The van der Waals surface area contributed by atoms with Crippen molar-refractivity contribution in [1.82, 2.24) is 4.98 Å². The molecule has 2 unspecified atom stereocenters. The van der Waals surface area contributed by atoms with Gasteiger partial charge in [-0.15, -0.1) is 0 Å². The lowest BCUT2D eigenvalue weighted by atomic mass is 9.90. The van der Waals surface area contributed by atoms with E-state index in [1.807, 2.05) is 0 Å². The van der Waals surface area contributed by atoms with Crippen molar-refractivity contribution >= 4 is 16.6 Å². The molecule has 2 atom stereocenters. The zero-order chi connectivity index (χ0) is 12.5. The highest BCUT2D eigenvalue weighted by molar-refractivity contribution is 5.92. The number of nitrogens with zero attached hydrogens (tertiary/aromatic N) is 1. The summed E-state index contributed by atoms with van der Waals surface area (Å²) in [5, 5.41) is 1.29. The quantitative estimate of drug-likeness (QED) is 0.852. The Bertz CT molecular complexity index is 531. The monoisotopic (exact) mass is 243 g/mol. The average molecular weight is 243 g/mol. The number of hydrogen-bond acceptors (Lipinski definition) is 2. The minimum Gasteiger partial charge on any atom is -0.368 e.